The Morgan fingerprint density at radius 1 is 0.608 bits per heavy atom. The van der Waals surface area contributed by atoms with Crippen LogP contribution in [-0.4, -0.2) is 0 Å². The summed E-state index contributed by atoms with van der Waals surface area (Å²) in [6.07, 6.45) is 17.5. The van der Waals surface area contributed by atoms with Crippen LogP contribution in [0.15, 0.2) is 192 Å². The number of furan rings is 1. The van der Waals surface area contributed by atoms with Crippen molar-refractivity contribution in [1.29, 1.82) is 0 Å². The summed E-state index contributed by atoms with van der Waals surface area (Å²) in [6, 6.07) is 51.3. The molecule has 0 radical (unpaired) electrons. The van der Waals surface area contributed by atoms with E-state index in [2.05, 4.69) is 187 Å². The number of anilines is 2. The summed E-state index contributed by atoms with van der Waals surface area (Å²) in [5.41, 5.74) is 14.8. The Bertz CT molecular complexity index is 2610. The van der Waals surface area contributed by atoms with Crippen molar-refractivity contribution < 1.29 is 4.42 Å². The molecule has 7 aromatic rings. The van der Waals surface area contributed by atoms with Gasteiger partial charge >= 0.3 is 0 Å². The average Bonchev–Trinajstić information content (AvgIpc) is 3.83. The van der Waals surface area contributed by atoms with Crippen molar-refractivity contribution >= 4 is 33.3 Å². The van der Waals surface area contributed by atoms with Crippen LogP contribution in [0.2, 0.25) is 0 Å². The van der Waals surface area contributed by atoms with Gasteiger partial charge in [-0.2, -0.15) is 0 Å². The van der Waals surface area contributed by atoms with Crippen molar-refractivity contribution in [3.05, 3.63) is 216 Å². The normalized spacial score (nSPS) is 20.3. The molecule has 3 unspecified atom stereocenters. The first kappa shape index (κ1) is 28.7. The monoisotopic (exact) mass is 653 g/mol. The molecule has 1 aromatic heterocycles. The molecule has 0 saturated heterocycles. The number of hydrogen-bond donors (Lipinski definition) is 0. The van der Waals surface area contributed by atoms with Gasteiger partial charge in [-0.15, -0.1) is 0 Å². The zero-order valence-electron chi connectivity index (χ0n) is 28.1. The van der Waals surface area contributed by atoms with Gasteiger partial charge in [0.15, 0.2) is 0 Å². The molecule has 3 atom stereocenters. The third kappa shape index (κ3) is 3.99. The van der Waals surface area contributed by atoms with E-state index in [1.165, 1.54) is 50.3 Å². The van der Waals surface area contributed by atoms with Crippen LogP contribution in [0.3, 0.4) is 0 Å². The van der Waals surface area contributed by atoms with Gasteiger partial charge in [-0.05, 0) is 81.8 Å². The maximum absolute atomic E-state index is 6.44. The van der Waals surface area contributed by atoms with Gasteiger partial charge in [0, 0.05) is 34.5 Å². The molecule has 2 nitrogen and oxygen atoms in total. The van der Waals surface area contributed by atoms with Crippen LogP contribution in [0, 0.1) is 5.92 Å². The first-order valence-corrected chi connectivity index (χ1v) is 18.1. The molecule has 0 fully saturated rings. The number of para-hydroxylation sites is 1. The number of allylic oxidation sites excluding steroid dienone is 7. The number of nitrogens with zero attached hydrogens (tertiary/aromatic N) is 1. The van der Waals surface area contributed by atoms with Crippen LogP contribution >= 0.6 is 0 Å². The van der Waals surface area contributed by atoms with Crippen LogP contribution in [0.1, 0.15) is 46.1 Å². The van der Waals surface area contributed by atoms with E-state index in [-0.39, 0.29) is 17.3 Å². The molecular formula is C49H35NO. The van der Waals surface area contributed by atoms with Crippen molar-refractivity contribution in [2.45, 2.75) is 23.7 Å². The number of rotatable bonds is 4. The highest BCUT2D eigenvalue weighted by molar-refractivity contribution is 6.12. The summed E-state index contributed by atoms with van der Waals surface area (Å²) < 4.78 is 6.44. The fourth-order valence-corrected chi connectivity index (χ4v) is 9.83. The Kier molecular flexibility index (Phi) is 6.15. The highest BCUT2D eigenvalue weighted by Crippen LogP contribution is 2.65. The van der Waals surface area contributed by atoms with Crippen LogP contribution in [0.5, 0.6) is 0 Å². The summed E-state index contributed by atoms with van der Waals surface area (Å²) >= 11 is 0. The van der Waals surface area contributed by atoms with Crippen molar-refractivity contribution in [2.24, 2.45) is 5.92 Å². The first-order valence-electron chi connectivity index (χ1n) is 18.1. The van der Waals surface area contributed by atoms with E-state index in [9.17, 15) is 0 Å². The summed E-state index contributed by atoms with van der Waals surface area (Å²) in [7, 11) is 0. The topological polar surface area (TPSA) is 16.4 Å². The molecule has 1 heterocycles. The molecular weight excluding hydrogens is 619 g/mol. The van der Waals surface area contributed by atoms with E-state index in [0.29, 0.717) is 5.92 Å². The van der Waals surface area contributed by atoms with Crippen LogP contribution in [0.25, 0.3) is 33.1 Å². The van der Waals surface area contributed by atoms with E-state index in [1.807, 2.05) is 0 Å². The quantitative estimate of drug-likeness (QED) is 0.188. The van der Waals surface area contributed by atoms with Crippen LogP contribution in [-0.2, 0) is 5.41 Å². The van der Waals surface area contributed by atoms with Gasteiger partial charge < -0.3 is 9.32 Å². The van der Waals surface area contributed by atoms with Crippen molar-refractivity contribution in [1.82, 2.24) is 0 Å². The van der Waals surface area contributed by atoms with Gasteiger partial charge in [-0.25, -0.2) is 0 Å². The van der Waals surface area contributed by atoms with E-state index >= 15 is 0 Å². The fourth-order valence-electron chi connectivity index (χ4n) is 9.83. The molecule has 0 aliphatic heterocycles. The van der Waals surface area contributed by atoms with Gasteiger partial charge in [0.05, 0.1) is 16.5 Å². The fraction of sp³-hybridized carbons (Fsp3) is 0.102. The van der Waals surface area contributed by atoms with Crippen LogP contribution in [0.4, 0.5) is 11.4 Å². The smallest absolute Gasteiger partial charge is 0.137 e. The van der Waals surface area contributed by atoms with Gasteiger partial charge in [0.25, 0.3) is 0 Å². The van der Waals surface area contributed by atoms with E-state index in [0.717, 1.165) is 34.0 Å². The molecule has 51 heavy (non-hydrogen) atoms. The zero-order valence-corrected chi connectivity index (χ0v) is 28.1. The lowest BCUT2D eigenvalue weighted by Gasteiger charge is -2.36. The second-order valence-corrected chi connectivity index (χ2v) is 14.3. The van der Waals surface area contributed by atoms with Crippen molar-refractivity contribution in [3.63, 3.8) is 0 Å². The van der Waals surface area contributed by atoms with Gasteiger partial charge in [-0.3, -0.25) is 0 Å². The van der Waals surface area contributed by atoms with E-state index in [1.54, 1.807) is 0 Å². The summed E-state index contributed by atoms with van der Waals surface area (Å²) in [5.74, 6) is 0.896. The molecule has 4 aliphatic carbocycles. The van der Waals surface area contributed by atoms with Crippen molar-refractivity contribution in [3.8, 4) is 11.1 Å². The second kappa shape index (κ2) is 10.9. The third-order valence-electron chi connectivity index (χ3n) is 11.9. The maximum Gasteiger partial charge on any atom is 0.137 e. The Morgan fingerprint density at radius 3 is 2.14 bits per heavy atom. The lowest BCUT2D eigenvalue weighted by Crippen LogP contribution is -2.32. The van der Waals surface area contributed by atoms with Gasteiger partial charge in [0.1, 0.15) is 11.2 Å². The first-order chi connectivity index (χ1) is 25.3. The largest absolute Gasteiger partial charge is 0.456 e. The highest BCUT2D eigenvalue weighted by atomic mass is 16.3. The van der Waals surface area contributed by atoms with Gasteiger partial charge in [-0.1, -0.05) is 146 Å². The zero-order chi connectivity index (χ0) is 33.5. The summed E-state index contributed by atoms with van der Waals surface area (Å²) in [6.45, 7) is 0. The molecule has 2 heteroatoms. The van der Waals surface area contributed by atoms with Crippen LogP contribution < -0.4 is 4.90 Å². The molecule has 0 saturated carbocycles. The Labute approximate surface area is 298 Å². The third-order valence-corrected chi connectivity index (χ3v) is 11.9. The molecule has 0 amide bonds. The maximum atomic E-state index is 6.44. The molecule has 242 valence electrons. The second-order valence-electron chi connectivity index (χ2n) is 14.3. The summed E-state index contributed by atoms with van der Waals surface area (Å²) in [4.78, 5) is 2.47. The lowest BCUT2D eigenvalue weighted by atomic mass is 9.65. The number of hydrogen-bond acceptors (Lipinski definition) is 2. The Hall–Kier alpha value is -6.12. The Balaban J connectivity index is 1.13. The lowest BCUT2D eigenvalue weighted by molar-refractivity contribution is 0.465. The molecule has 0 bridgehead atoms. The van der Waals surface area contributed by atoms with Crippen molar-refractivity contribution in [2.75, 3.05) is 4.90 Å². The van der Waals surface area contributed by atoms with E-state index < -0.39 is 0 Å². The molecule has 4 aliphatic rings. The Morgan fingerprint density at radius 2 is 1.33 bits per heavy atom. The van der Waals surface area contributed by atoms with E-state index in [4.69, 9.17) is 4.42 Å². The molecule has 1 spiro atoms. The minimum atomic E-state index is -0.245. The number of fused-ring (bicyclic) bond motifs is 13. The molecule has 11 rings (SSSR count). The highest BCUT2D eigenvalue weighted by Gasteiger charge is 2.57. The minimum absolute atomic E-state index is 0.245. The minimum Gasteiger partial charge on any atom is -0.456 e. The molecule has 6 aromatic carbocycles. The summed E-state index contributed by atoms with van der Waals surface area (Å²) in [5, 5.41) is 2.27. The standard InChI is InChI=1S/C49H35NO/c1-2-13-32(14-3-1)33-25-27-34(28-26-33)50(45-22-12-24-47-48(45)39-18-7-11-23-46(39)51-47)35-29-30-44-40(31-35)38-17-6-10-21-43(38)49(44)41-19-8-4-15-36(41)37-16-5-9-20-42(37)49/h1-25,27-31,33,38,43H,26H2. The predicted octanol–water partition coefficient (Wildman–Crippen LogP) is 12.5. The number of benzene rings is 6. The predicted molar refractivity (Wildman–Crippen MR) is 210 cm³/mol. The van der Waals surface area contributed by atoms with Gasteiger partial charge in [0.2, 0.25) is 0 Å². The SMILES string of the molecule is C1=CC2c3cc(N(C4=CCC(c5ccccc5)C=C4)c4cccc5oc6ccccc6c45)ccc3C3(c4ccccc4-c4ccccc43)C2C=C1. The average molecular weight is 654 g/mol. The molecule has 0 N–H and O–H groups in total.